The van der Waals surface area contributed by atoms with Gasteiger partial charge >= 0.3 is 0 Å². The quantitative estimate of drug-likeness (QED) is 0.557. The lowest BCUT2D eigenvalue weighted by Crippen LogP contribution is -2.31. The van der Waals surface area contributed by atoms with Crippen molar-refractivity contribution >= 4 is 5.84 Å². The van der Waals surface area contributed by atoms with Gasteiger partial charge in [-0.15, -0.1) is 0 Å². The molecule has 0 radical (unpaired) electrons. The molecule has 1 atom stereocenters. The van der Waals surface area contributed by atoms with Crippen molar-refractivity contribution in [3.8, 4) is 0 Å². The Morgan fingerprint density at radius 3 is 2.50 bits per heavy atom. The lowest BCUT2D eigenvalue weighted by molar-refractivity contribution is 0.0649. The summed E-state index contributed by atoms with van der Waals surface area (Å²) in [6, 6.07) is 0.316. The Bertz CT molecular complexity index is 112. The van der Waals surface area contributed by atoms with Gasteiger partial charge < -0.3 is 0 Å². The molecule has 1 N–H and O–H groups in total. The fourth-order valence-corrected chi connectivity index (χ4v) is 0.661. The first-order chi connectivity index (χ1) is 4.79. The minimum absolute atomic E-state index is 0.316. The molecule has 3 heteroatoms. The van der Waals surface area contributed by atoms with E-state index >= 15 is 0 Å². The molecule has 0 aromatic heterocycles. The minimum Gasteiger partial charge on any atom is -0.273 e. The van der Waals surface area contributed by atoms with Gasteiger partial charge in [-0.3, -0.25) is 15.3 Å². The topological polar surface area (TPSA) is 33.6 Å². The third-order valence-electron chi connectivity index (χ3n) is 0.958. The van der Waals surface area contributed by atoms with Crippen molar-refractivity contribution in [2.75, 3.05) is 6.61 Å². The fraction of sp³-hybridized carbons (Fsp3) is 0.857. The molecule has 1 heterocycles. The molecule has 1 unspecified atom stereocenters. The van der Waals surface area contributed by atoms with Gasteiger partial charge in [0.15, 0.2) is 0 Å². The van der Waals surface area contributed by atoms with Crippen LogP contribution >= 0.6 is 0 Å². The van der Waals surface area contributed by atoms with Crippen molar-refractivity contribution in [2.45, 2.75) is 33.7 Å². The average molecular weight is 144 g/mol. The predicted molar refractivity (Wildman–Crippen MR) is 43.0 cm³/mol. The van der Waals surface area contributed by atoms with E-state index in [1.54, 1.807) is 0 Å². The standard InChI is InChI=1S/C5H10N2O.C2H6/c1-4-3-8-7-5(2)6-4;1-2/h4H,3H2,1-2H3,(H,6,7);1-2H3. The Hall–Kier alpha value is -0.570. The van der Waals surface area contributed by atoms with Gasteiger partial charge in [-0.2, -0.15) is 0 Å². The van der Waals surface area contributed by atoms with Gasteiger partial charge in [-0.05, 0) is 13.8 Å². The van der Waals surface area contributed by atoms with E-state index in [2.05, 4.69) is 10.5 Å². The molecule has 1 rings (SSSR count). The highest BCUT2D eigenvalue weighted by atomic mass is 16.6. The molecule has 0 saturated carbocycles. The maximum atomic E-state index is 4.91. The van der Waals surface area contributed by atoms with Gasteiger partial charge in [-0.25, -0.2) is 0 Å². The third kappa shape index (κ3) is 3.45. The van der Waals surface area contributed by atoms with E-state index in [0.29, 0.717) is 12.6 Å². The second-order valence-corrected chi connectivity index (χ2v) is 1.98. The molecule has 0 saturated heterocycles. The molecular formula is C7H16N2O. The summed E-state index contributed by atoms with van der Waals surface area (Å²) < 4.78 is 0. The molecule has 0 aromatic carbocycles. The van der Waals surface area contributed by atoms with Crippen molar-refractivity contribution in [2.24, 2.45) is 4.99 Å². The molecule has 60 valence electrons. The number of nitrogens with one attached hydrogen (secondary N) is 1. The number of nitrogens with zero attached hydrogens (tertiary/aromatic N) is 1. The summed E-state index contributed by atoms with van der Waals surface area (Å²) >= 11 is 0. The van der Waals surface area contributed by atoms with Crippen LogP contribution in [0.2, 0.25) is 0 Å². The van der Waals surface area contributed by atoms with Gasteiger partial charge in [-0.1, -0.05) is 13.8 Å². The Balaban J connectivity index is 0.000000371. The first kappa shape index (κ1) is 9.43. The molecule has 1 aliphatic rings. The first-order valence-corrected chi connectivity index (χ1v) is 3.71. The SMILES string of the molecule is CC.CC1=NC(C)CON1. The summed E-state index contributed by atoms with van der Waals surface area (Å²) in [5.74, 6) is 0.865. The Labute approximate surface area is 62.4 Å². The number of rotatable bonds is 0. The van der Waals surface area contributed by atoms with E-state index in [1.807, 2.05) is 27.7 Å². The smallest absolute Gasteiger partial charge is 0.118 e. The molecule has 0 spiro atoms. The molecular weight excluding hydrogens is 128 g/mol. The van der Waals surface area contributed by atoms with Crippen LogP contribution in [0.1, 0.15) is 27.7 Å². The maximum absolute atomic E-state index is 4.91. The van der Waals surface area contributed by atoms with E-state index in [1.165, 1.54) is 0 Å². The Morgan fingerprint density at radius 2 is 2.20 bits per heavy atom. The first-order valence-electron chi connectivity index (χ1n) is 3.71. The second kappa shape index (κ2) is 5.23. The summed E-state index contributed by atoms with van der Waals surface area (Å²) in [6.45, 7) is 8.58. The molecule has 10 heavy (non-hydrogen) atoms. The van der Waals surface area contributed by atoms with Gasteiger partial charge in [0.2, 0.25) is 0 Å². The molecule has 0 aromatic rings. The second-order valence-electron chi connectivity index (χ2n) is 1.98. The van der Waals surface area contributed by atoms with Crippen molar-refractivity contribution in [1.82, 2.24) is 5.48 Å². The number of hydroxylamine groups is 1. The number of hydrogen-bond acceptors (Lipinski definition) is 3. The van der Waals surface area contributed by atoms with Crippen LogP contribution in [0.4, 0.5) is 0 Å². The van der Waals surface area contributed by atoms with Crippen LogP contribution in [0.15, 0.2) is 4.99 Å². The van der Waals surface area contributed by atoms with Crippen LogP contribution in [0.3, 0.4) is 0 Å². The van der Waals surface area contributed by atoms with E-state index in [9.17, 15) is 0 Å². The largest absolute Gasteiger partial charge is 0.273 e. The van der Waals surface area contributed by atoms with Crippen molar-refractivity contribution in [1.29, 1.82) is 0 Å². The summed E-state index contributed by atoms with van der Waals surface area (Å²) in [4.78, 5) is 9.08. The minimum atomic E-state index is 0.316. The maximum Gasteiger partial charge on any atom is 0.118 e. The average Bonchev–Trinajstić information content (AvgIpc) is 1.91. The van der Waals surface area contributed by atoms with E-state index in [4.69, 9.17) is 4.84 Å². The summed E-state index contributed by atoms with van der Waals surface area (Å²) in [6.07, 6.45) is 0. The van der Waals surface area contributed by atoms with Crippen molar-refractivity contribution in [3.63, 3.8) is 0 Å². The molecule has 0 fully saturated rings. The highest BCUT2D eigenvalue weighted by Crippen LogP contribution is 1.94. The predicted octanol–water partition coefficient (Wildman–Crippen LogP) is 1.35. The zero-order valence-electron chi connectivity index (χ0n) is 7.14. The molecule has 0 amide bonds. The molecule has 1 aliphatic heterocycles. The zero-order valence-corrected chi connectivity index (χ0v) is 7.14. The summed E-state index contributed by atoms with van der Waals surface area (Å²) in [5.41, 5.74) is 2.66. The van der Waals surface area contributed by atoms with Gasteiger partial charge in [0.25, 0.3) is 0 Å². The van der Waals surface area contributed by atoms with E-state index < -0.39 is 0 Å². The number of hydrogen-bond donors (Lipinski definition) is 1. The number of aliphatic imine (C=N–C) groups is 1. The number of amidine groups is 1. The molecule has 3 nitrogen and oxygen atoms in total. The highest BCUT2D eigenvalue weighted by Gasteiger charge is 2.05. The van der Waals surface area contributed by atoms with E-state index in [0.717, 1.165) is 5.84 Å². The van der Waals surface area contributed by atoms with Crippen LogP contribution in [-0.2, 0) is 4.84 Å². The highest BCUT2D eigenvalue weighted by molar-refractivity contribution is 5.78. The van der Waals surface area contributed by atoms with Gasteiger partial charge in [0.1, 0.15) is 5.84 Å². The van der Waals surface area contributed by atoms with Crippen LogP contribution < -0.4 is 5.48 Å². The van der Waals surface area contributed by atoms with Crippen LogP contribution in [0.25, 0.3) is 0 Å². The van der Waals surface area contributed by atoms with Gasteiger partial charge in [0.05, 0.1) is 12.6 Å². The lowest BCUT2D eigenvalue weighted by atomic mass is 10.4. The van der Waals surface area contributed by atoms with Crippen LogP contribution in [0.5, 0.6) is 0 Å². The zero-order chi connectivity index (χ0) is 7.98. The summed E-state index contributed by atoms with van der Waals surface area (Å²) in [7, 11) is 0. The Kier molecular flexibility index (Phi) is 4.94. The summed E-state index contributed by atoms with van der Waals surface area (Å²) in [5, 5.41) is 0. The molecule has 0 aliphatic carbocycles. The monoisotopic (exact) mass is 144 g/mol. The van der Waals surface area contributed by atoms with Crippen LogP contribution in [0, 0.1) is 0 Å². The fourth-order valence-electron chi connectivity index (χ4n) is 0.661. The third-order valence-corrected chi connectivity index (χ3v) is 0.958. The van der Waals surface area contributed by atoms with Crippen LogP contribution in [-0.4, -0.2) is 18.5 Å². The lowest BCUT2D eigenvalue weighted by Gasteiger charge is -2.15. The van der Waals surface area contributed by atoms with Gasteiger partial charge in [0, 0.05) is 0 Å². The normalized spacial score (nSPS) is 23.6. The molecule has 0 bridgehead atoms. The van der Waals surface area contributed by atoms with Crippen molar-refractivity contribution in [3.05, 3.63) is 0 Å². The van der Waals surface area contributed by atoms with E-state index in [-0.39, 0.29) is 0 Å². The Morgan fingerprint density at radius 1 is 1.60 bits per heavy atom. The van der Waals surface area contributed by atoms with Crippen molar-refractivity contribution < 1.29 is 4.84 Å².